The van der Waals surface area contributed by atoms with Crippen molar-refractivity contribution in [3.05, 3.63) is 52.7 Å². The maximum Gasteiger partial charge on any atom is 0.417 e. The van der Waals surface area contributed by atoms with Gasteiger partial charge in [-0.2, -0.15) is 18.4 Å². The minimum absolute atomic E-state index is 0.107. The summed E-state index contributed by atoms with van der Waals surface area (Å²) in [6.07, 6.45) is -3.76. The molecule has 0 aliphatic carbocycles. The van der Waals surface area contributed by atoms with Gasteiger partial charge in [-0.05, 0) is 18.2 Å². The Bertz CT molecular complexity index is 660. The predicted molar refractivity (Wildman–Crippen MR) is 64.4 cm³/mol. The summed E-state index contributed by atoms with van der Waals surface area (Å²) in [5.74, 6) is 0. The molecule has 0 saturated carbocycles. The van der Waals surface area contributed by atoms with Crippen molar-refractivity contribution in [2.45, 2.75) is 6.18 Å². The summed E-state index contributed by atoms with van der Waals surface area (Å²) in [5, 5.41) is 8.67. The zero-order valence-corrected chi connectivity index (χ0v) is 10.1. The quantitative estimate of drug-likeness (QED) is 0.782. The first kappa shape index (κ1) is 13.4. The molecular formula is C13H6ClF3N2. The van der Waals surface area contributed by atoms with Crippen LogP contribution in [0.1, 0.15) is 11.1 Å². The molecule has 2 rings (SSSR count). The number of hydrogen-bond acceptors (Lipinski definition) is 2. The van der Waals surface area contributed by atoms with Crippen LogP contribution in [-0.4, -0.2) is 4.98 Å². The minimum atomic E-state index is -4.48. The van der Waals surface area contributed by atoms with E-state index < -0.39 is 11.7 Å². The maximum atomic E-state index is 12.5. The summed E-state index contributed by atoms with van der Waals surface area (Å²) in [7, 11) is 0. The summed E-state index contributed by atoms with van der Waals surface area (Å²) < 4.78 is 37.4. The Balaban J connectivity index is 2.50. The first-order valence-corrected chi connectivity index (χ1v) is 5.53. The average Bonchev–Trinajstić information content (AvgIpc) is 2.37. The van der Waals surface area contributed by atoms with Crippen molar-refractivity contribution in [2.75, 3.05) is 0 Å². The van der Waals surface area contributed by atoms with Crippen molar-refractivity contribution < 1.29 is 13.2 Å². The van der Waals surface area contributed by atoms with Gasteiger partial charge in [0.15, 0.2) is 0 Å². The van der Waals surface area contributed by atoms with Crippen molar-refractivity contribution in [3.8, 4) is 17.3 Å². The van der Waals surface area contributed by atoms with E-state index in [1.54, 1.807) is 18.2 Å². The third kappa shape index (κ3) is 2.85. The lowest BCUT2D eigenvalue weighted by atomic mass is 10.1. The standard InChI is InChI=1S/C13H6ClF3N2/c14-11-5-10(13(15,16)17)7-19-12(11)9-3-1-2-8(4-9)6-18/h1-5,7H. The van der Waals surface area contributed by atoms with E-state index in [2.05, 4.69) is 4.98 Å². The van der Waals surface area contributed by atoms with Gasteiger partial charge >= 0.3 is 6.18 Å². The third-order valence-corrected chi connectivity index (χ3v) is 2.72. The van der Waals surface area contributed by atoms with Gasteiger partial charge < -0.3 is 0 Å². The van der Waals surface area contributed by atoms with Crippen molar-refractivity contribution in [1.82, 2.24) is 4.98 Å². The first-order chi connectivity index (χ1) is 8.91. The Labute approximate surface area is 112 Å². The Morgan fingerprint density at radius 3 is 2.53 bits per heavy atom. The molecule has 1 aromatic carbocycles. The van der Waals surface area contributed by atoms with Gasteiger partial charge in [0.1, 0.15) is 0 Å². The Morgan fingerprint density at radius 2 is 1.95 bits per heavy atom. The fraction of sp³-hybridized carbons (Fsp3) is 0.0769. The van der Waals surface area contributed by atoms with E-state index in [4.69, 9.17) is 16.9 Å². The van der Waals surface area contributed by atoms with E-state index in [9.17, 15) is 13.2 Å². The molecule has 0 bridgehead atoms. The largest absolute Gasteiger partial charge is 0.417 e. The summed E-state index contributed by atoms with van der Waals surface area (Å²) in [4.78, 5) is 3.73. The number of nitriles is 1. The molecular weight excluding hydrogens is 277 g/mol. The normalized spacial score (nSPS) is 11.1. The summed E-state index contributed by atoms with van der Waals surface area (Å²) in [5.41, 5.74) is 0.192. The highest BCUT2D eigenvalue weighted by atomic mass is 35.5. The van der Waals surface area contributed by atoms with Crippen LogP contribution in [-0.2, 0) is 6.18 Å². The van der Waals surface area contributed by atoms with Gasteiger partial charge in [-0.3, -0.25) is 4.98 Å². The molecule has 0 aliphatic rings. The van der Waals surface area contributed by atoms with Gasteiger partial charge in [0.25, 0.3) is 0 Å². The molecule has 6 heteroatoms. The van der Waals surface area contributed by atoms with Crippen LogP contribution >= 0.6 is 11.6 Å². The second-order valence-corrected chi connectivity index (χ2v) is 4.15. The molecule has 0 aliphatic heterocycles. The fourth-order valence-electron chi connectivity index (χ4n) is 1.54. The molecule has 0 N–H and O–H groups in total. The van der Waals surface area contributed by atoms with Crippen LogP contribution in [0.4, 0.5) is 13.2 Å². The van der Waals surface area contributed by atoms with Crippen molar-refractivity contribution in [1.29, 1.82) is 5.26 Å². The van der Waals surface area contributed by atoms with E-state index >= 15 is 0 Å². The number of nitrogens with zero attached hydrogens (tertiary/aromatic N) is 2. The zero-order valence-electron chi connectivity index (χ0n) is 9.37. The van der Waals surface area contributed by atoms with E-state index in [1.807, 2.05) is 6.07 Å². The highest BCUT2D eigenvalue weighted by Crippen LogP contribution is 2.34. The highest BCUT2D eigenvalue weighted by molar-refractivity contribution is 6.33. The number of halogens is 4. The van der Waals surface area contributed by atoms with Gasteiger partial charge in [0.2, 0.25) is 0 Å². The minimum Gasteiger partial charge on any atom is -0.254 e. The number of hydrogen-bond donors (Lipinski definition) is 0. The molecule has 0 atom stereocenters. The van der Waals surface area contributed by atoms with E-state index in [1.165, 1.54) is 6.07 Å². The molecule has 0 saturated heterocycles. The van der Waals surface area contributed by atoms with Crippen molar-refractivity contribution in [3.63, 3.8) is 0 Å². The first-order valence-electron chi connectivity index (χ1n) is 5.15. The van der Waals surface area contributed by atoms with Crippen LogP contribution in [0.25, 0.3) is 11.3 Å². The second-order valence-electron chi connectivity index (χ2n) is 3.74. The molecule has 96 valence electrons. The summed E-state index contributed by atoms with van der Waals surface area (Å²) >= 11 is 5.82. The second kappa shape index (κ2) is 4.90. The third-order valence-electron chi connectivity index (χ3n) is 2.43. The molecule has 19 heavy (non-hydrogen) atoms. The molecule has 0 fully saturated rings. The summed E-state index contributed by atoms with van der Waals surface area (Å²) in [6, 6.07) is 9.11. The van der Waals surface area contributed by atoms with Crippen LogP contribution in [0.5, 0.6) is 0 Å². The number of aromatic nitrogens is 1. The van der Waals surface area contributed by atoms with Gasteiger partial charge in [-0.25, -0.2) is 0 Å². The SMILES string of the molecule is N#Cc1cccc(-c2ncc(C(F)(F)F)cc2Cl)c1. The van der Waals surface area contributed by atoms with Crippen LogP contribution < -0.4 is 0 Å². The molecule has 0 radical (unpaired) electrons. The number of pyridine rings is 1. The van der Waals surface area contributed by atoms with Crippen LogP contribution in [0.2, 0.25) is 5.02 Å². The van der Waals surface area contributed by atoms with Crippen LogP contribution in [0.15, 0.2) is 36.5 Å². The summed E-state index contributed by atoms with van der Waals surface area (Å²) in [6.45, 7) is 0. The lowest BCUT2D eigenvalue weighted by Crippen LogP contribution is -2.05. The van der Waals surface area contributed by atoms with E-state index in [0.29, 0.717) is 11.1 Å². The predicted octanol–water partition coefficient (Wildman–Crippen LogP) is 4.29. The highest BCUT2D eigenvalue weighted by Gasteiger charge is 2.31. The Morgan fingerprint density at radius 1 is 1.21 bits per heavy atom. The average molecular weight is 283 g/mol. The number of alkyl halides is 3. The van der Waals surface area contributed by atoms with Gasteiger partial charge in [-0.1, -0.05) is 23.7 Å². The molecule has 2 aromatic rings. The number of benzene rings is 1. The number of rotatable bonds is 1. The Hall–Kier alpha value is -2.06. The fourth-order valence-corrected chi connectivity index (χ4v) is 1.82. The van der Waals surface area contributed by atoms with Gasteiger partial charge in [0, 0.05) is 11.8 Å². The smallest absolute Gasteiger partial charge is 0.254 e. The maximum absolute atomic E-state index is 12.5. The zero-order chi connectivity index (χ0) is 14.0. The molecule has 0 amide bonds. The van der Waals surface area contributed by atoms with E-state index in [-0.39, 0.29) is 10.7 Å². The van der Waals surface area contributed by atoms with E-state index in [0.717, 1.165) is 12.3 Å². The van der Waals surface area contributed by atoms with Gasteiger partial charge in [0.05, 0.1) is 27.9 Å². The molecule has 0 spiro atoms. The molecule has 1 heterocycles. The lowest BCUT2D eigenvalue weighted by Gasteiger charge is -2.09. The van der Waals surface area contributed by atoms with Crippen LogP contribution in [0.3, 0.4) is 0 Å². The molecule has 0 unspecified atom stereocenters. The topological polar surface area (TPSA) is 36.7 Å². The van der Waals surface area contributed by atoms with Crippen LogP contribution in [0, 0.1) is 11.3 Å². The Kier molecular flexibility index (Phi) is 3.45. The lowest BCUT2D eigenvalue weighted by molar-refractivity contribution is -0.137. The van der Waals surface area contributed by atoms with Crippen molar-refractivity contribution in [2.24, 2.45) is 0 Å². The molecule has 1 aromatic heterocycles. The molecule has 2 nitrogen and oxygen atoms in total. The van der Waals surface area contributed by atoms with Gasteiger partial charge in [-0.15, -0.1) is 0 Å². The van der Waals surface area contributed by atoms with Crippen molar-refractivity contribution >= 4 is 11.6 Å². The monoisotopic (exact) mass is 282 g/mol.